The molecule has 9 heteroatoms. The standard InChI is InChI=1S/C44H65N3O6/c1-26(2)34-28(48)24-44(47-37(52)46-40(7,8)31-14-12-13-23-45-31)22-21-42(10)27(35(34)44)15-16-30-41(9)19-18-32(53-33(49)25-38(3,4)36(50)51)39(5,6)29(41)17-20-43(30,42)11/h12-14,23,26,29-30,32,34H,15-22,24-25H2,1-11H3,(H,50,51)(H2,46,47,52)/t29?,30?,32-,34?,41-,42+,43+,44+/m0/s1. The van der Waals surface area contributed by atoms with Crippen LogP contribution in [0.1, 0.15) is 146 Å². The lowest BCUT2D eigenvalue weighted by Gasteiger charge is -2.70. The van der Waals surface area contributed by atoms with E-state index in [1.165, 1.54) is 11.1 Å². The Morgan fingerprint density at radius 3 is 2.28 bits per heavy atom. The molecule has 0 spiro atoms. The number of rotatable bonds is 8. The van der Waals surface area contributed by atoms with Gasteiger partial charge in [0, 0.05) is 24.0 Å². The van der Waals surface area contributed by atoms with Gasteiger partial charge in [-0.05, 0) is 131 Å². The molecule has 1 aromatic heterocycles. The lowest BCUT2D eigenvalue weighted by Crippen LogP contribution is -2.65. The van der Waals surface area contributed by atoms with E-state index in [0.717, 1.165) is 57.1 Å². The molecule has 4 saturated carbocycles. The molecule has 53 heavy (non-hydrogen) atoms. The highest BCUT2D eigenvalue weighted by molar-refractivity contribution is 5.92. The molecule has 6 rings (SSSR count). The van der Waals surface area contributed by atoms with Crippen LogP contribution in [0.15, 0.2) is 35.5 Å². The summed E-state index contributed by atoms with van der Waals surface area (Å²) in [6.45, 7) is 23.4. The van der Waals surface area contributed by atoms with Crippen molar-refractivity contribution in [3.05, 3.63) is 41.2 Å². The summed E-state index contributed by atoms with van der Waals surface area (Å²) < 4.78 is 6.16. The third-order valence-electron chi connectivity index (χ3n) is 15.8. The van der Waals surface area contributed by atoms with E-state index < -0.39 is 28.4 Å². The molecule has 8 atom stereocenters. The number of nitrogens with zero attached hydrogens (tertiary/aromatic N) is 1. The minimum atomic E-state index is -1.17. The van der Waals surface area contributed by atoms with Crippen LogP contribution in [0.3, 0.4) is 0 Å². The quantitative estimate of drug-likeness (QED) is 0.180. The highest BCUT2D eigenvalue weighted by Crippen LogP contribution is 2.75. The van der Waals surface area contributed by atoms with Crippen molar-refractivity contribution in [3.63, 3.8) is 0 Å². The number of carboxylic acid groups (broad SMARTS) is 1. The predicted octanol–water partition coefficient (Wildman–Crippen LogP) is 8.76. The number of ketones is 1. The Bertz CT molecular complexity index is 1700. The molecule has 5 aliphatic carbocycles. The highest BCUT2D eigenvalue weighted by atomic mass is 16.5. The van der Waals surface area contributed by atoms with Crippen molar-refractivity contribution in [1.82, 2.24) is 15.6 Å². The van der Waals surface area contributed by atoms with Gasteiger partial charge in [0.2, 0.25) is 0 Å². The largest absolute Gasteiger partial charge is 0.481 e. The number of carbonyl (C=O) groups is 4. The van der Waals surface area contributed by atoms with Gasteiger partial charge in [0.25, 0.3) is 0 Å². The summed E-state index contributed by atoms with van der Waals surface area (Å²) in [6.07, 6.45) is 9.02. The molecule has 5 aliphatic rings. The summed E-state index contributed by atoms with van der Waals surface area (Å²) in [5.41, 5.74) is 0.460. The molecule has 0 aromatic carbocycles. The van der Waals surface area contributed by atoms with Crippen molar-refractivity contribution in [2.75, 3.05) is 0 Å². The van der Waals surface area contributed by atoms with Gasteiger partial charge < -0.3 is 20.5 Å². The number of hydrogen-bond donors (Lipinski definition) is 3. The second-order valence-electron chi connectivity index (χ2n) is 20.4. The van der Waals surface area contributed by atoms with Crippen LogP contribution in [0, 0.1) is 50.7 Å². The first kappa shape index (κ1) is 39.5. The van der Waals surface area contributed by atoms with Gasteiger partial charge in [-0.15, -0.1) is 0 Å². The second kappa shape index (κ2) is 12.9. The zero-order valence-corrected chi connectivity index (χ0v) is 34.2. The molecule has 0 aliphatic heterocycles. The first-order valence-electron chi connectivity index (χ1n) is 20.2. The summed E-state index contributed by atoms with van der Waals surface area (Å²) in [4.78, 5) is 57.4. The first-order valence-corrected chi connectivity index (χ1v) is 20.2. The Labute approximate surface area is 317 Å². The Morgan fingerprint density at radius 2 is 1.66 bits per heavy atom. The fourth-order valence-electron chi connectivity index (χ4n) is 12.8. The molecular weight excluding hydrogens is 666 g/mol. The van der Waals surface area contributed by atoms with E-state index in [2.05, 4.69) is 64.1 Å². The fraction of sp³-hybridized carbons (Fsp3) is 0.750. The van der Waals surface area contributed by atoms with Crippen LogP contribution in [0.4, 0.5) is 4.79 Å². The van der Waals surface area contributed by atoms with E-state index in [1.807, 2.05) is 32.0 Å². The average Bonchev–Trinajstić information content (AvgIpc) is 3.34. The molecule has 0 radical (unpaired) electrons. The molecule has 1 aromatic rings. The third kappa shape index (κ3) is 6.14. The Morgan fingerprint density at radius 1 is 0.962 bits per heavy atom. The number of aromatic nitrogens is 1. The van der Waals surface area contributed by atoms with Crippen molar-refractivity contribution in [1.29, 1.82) is 0 Å². The third-order valence-corrected chi connectivity index (χ3v) is 15.8. The van der Waals surface area contributed by atoms with E-state index in [0.29, 0.717) is 18.3 Å². The van der Waals surface area contributed by atoms with Gasteiger partial charge in [0.1, 0.15) is 11.9 Å². The minimum absolute atomic E-state index is 0.00745. The number of aliphatic carboxylic acids is 1. The van der Waals surface area contributed by atoms with Crippen LogP contribution >= 0.6 is 0 Å². The second-order valence-corrected chi connectivity index (χ2v) is 20.4. The number of allylic oxidation sites excluding steroid dienone is 1. The van der Waals surface area contributed by atoms with E-state index in [-0.39, 0.29) is 57.8 Å². The zero-order chi connectivity index (χ0) is 39.2. The number of nitrogens with one attached hydrogen (secondary N) is 2. The number of pyridine rings is 1. The van der Waals surface area contributed by atoms with Gasteiger partial charge in [-0.25, -0.2) is 4.79 Å². The Kier molecular flexibility index (Phi) is 9.63. The van der Waals surface area contributed by atoms with Crippen LogP contribution in [-0.4, -0.2) is 45.5 Å². The van der Waals surface area contributed by atoms with E-state index >= 15 is 0 Å². The Balaban J connectivity index is 1.30. The minimum Gasteiger partial charge on any atom is -0.481 e. The van der Waals surface area contributed by atoms with Crippen LogP contribution in [0.2, 0.25) is 0 Å². The average molecular weight is 732 g/mol. The van der Waals surface area contributed by atoms with Crippen molar-refractivity contribution in [2.45, 2.75) is 158 Å². The number of carboxylic acids is 1. The van der Waals surface area contributed by atoms with E-state index in [9.17, 15) is 24.3 Å². The molecule has 0 saturated heterocycles. The summed E-state index contributed by atoms with van der Waals surface area (Å²) in [7, 11) is 0. The zero-order valence-electron chi connectivity index (χ0n) is 34.2. The van der Waals surface area contributed by atoms with E-state index in [4.69, 9.17) is 4.74 Å². The van der Waals surface area contributed by atoms with Crippen molar-refractivity contribution in [3.8, 4) is 0 Å². The van der Waals surface area contributed by atoms with Gasteiger partial charge in [0.05, 0.1) is 28.6 Å². The maximum absolute atomic E-state index is 14.1. The Hall–Kier alpha value is -3.23. The van der Waals surface area contributed by atoms with Crippen LogP contribution in [-0.2, 0) is 24.7 Å². The molecule has 292 valence electrons. The normalized spacial score (nSPS) is 36.5. The lowest BCUT2D eigenvalue weighted by atomic mass is 9.34. The lowest BCUT2D eigenvalue weighted by molar-refractivity contribution is -0.214. The fourth-order valence-corrected chi connectivity index (χ4v) is 12.8. The molecule has 3 N–H and O–H groups in total. The number of amides is 2. The molecular formula is C44H65N3O6. The highest BCUT2D eigenvalue weighted by Gasteiger charge is 2.69. The molecule has 9 nitrogen and oxygen atoms in total. The molecule has 4 fully saturated rings. The molecule has 2 amide bonds. The van der Waals surface area contributed by atoms with Gasteiger partial charge in [0.15, 0.2) is 0 Å². The molecule has 1 heterocycles. The number of hydrogen-bond acceptors (Lipinski definition) is 6. The summed E-state index contributed by atoms with van der Waals surface area (Å²) >= 11 is 0. The van der Waals surface area contributed by atoms with Gasteiger partial charge in [-0.1, -0.05) is 60.1 Å². The van der Waals surface area contributed by atoms with Crippen LogP contribution < -0.4 is 10.6 Å². The molecule has 3 unspecified atom stereocenters. The smallest absolute Gasteiger partial charge is 0.316 e. The number of urea groups is 1. The monoisotopic (exact) mass is 731 g/mol. The summed E-state index contributed by atoms with van der Waals surface area (Å²) in [6, 6.07) is 5.45. The van der Waals surface area contributed by atoms with Gasteiger partial charge in [-0.3, -0.25) is 19.4 Å². The number of Topliss-reactive ketones (excluding diaryl/α,β-unsaturated/α-hetero) is 1. The summed E-state index contributed by atoms with van der Waals surface area (Å²) in [5, 5.41) is 16.2. The van der Waals surface area contributed by atoms with Crippen LogP contribution in [0.5, 0.6) is 0 Å². The predicted molar refractivity (Wildman–Crippen MR) is 205 cm³/mol. The van der Waals surface area contributed by atoms with Gasteiger partial charge in [-0.2, -0.15) is 0 Å². The maximum atomic E-state index is 14.1. The van der Waals surface area contributed by atoms with Crippen molar-refractivity contribution >= 4 is 23.8 Å². The number of ether oxygens (including phenoxy) is 1. The van der Waals surface area contributed by atoms with Gasteiger partial charge >= 0.3 is 18.0 Å². The number of esters is 1. The summed E-state index contributed by atoms with van der Waals surface area (Å²) in [5.74, 6) is -0.486. The van der Waals surface area contributed by atoms with Crippen molar-refractivity contribution < 1.29 is 29.0 Å². The molecule has 0 bridgehead atoms. The van der Waals surface area contributed by atoms with Crippen molar-refractivity contribution in [2.24, 2.45) is 50.7 Å². The van der Waals surface area contributed by atoms with Crippen LogP contribution in [0.25, 0.3) is 0 Å². The topological polar surface area (TPSA) is 135 Å². The number of fused-ring (bicyclic) bond motifs is 6. The SMILES string of the molecule is CC(C)C1C(=O)C[C@]2(NC(=O)NC(C)(C)c3ccccn3)CC[C@]3(C)C(=C12)CCC1[C@@]2(C)CC[C@H](OC(=O)CC(C)(C)C(=O)O)C(C)(C)C2CC[C@]13C. The first-order chi connectivity index (χ1) is 24.5. The number of carbonyl (C=O) groups excluding carboxylic acids is 3. The van der Waals surface area contributed by atoms with E-state index in [1.54, 1.807) is 20.0 Å². The maximum Gasteiger partial charge on any atom is 0.316 e.